The van der Waals surface area contributed by atoms with Crippen molar-refractivity contribution in [3.8, 4) is 0 Å². The van der Waals surface area contributed by atoms with Crippen LogP contribution >= 0.6 is 0 Å². The Labute approximate surface area is 98.8 Å². The van der Waals surface area contributed by atoms with Crippen LogP contribution in [0.5, 0.6) is 0 Å². The van der Waals surface area contributed by atoms with Gasteiger partial charge in [0.25, 0.3) is 0 Å². The third-order valence-corrected chi connectivity index (χ3v) is 3.68. The summed E-state index contributed by atoms with van der Waals surface area (Å²) in [5, 5.41) is 8.74. The highest BCUT2D eigenvalue weighted by atomic mass is 16.4. The Morgan fingerprint density at radius 3 is 2.88 bits per heavy atom. The summed E-state index contributed by atoms with van der Waals surface area (Å²) in [6.45, 7) is 6.80. The van der Waals surface area contributed by atoms with E-state index in [1.54, 1.807) is 0 Å². The summed E-state index contributed by atoms with van der Waals surface area (Å²) in [5.74, 6) is 0.0690. The molecule has 0 aliphatic carbocycles. The monoisotopic (exact) mass is 227 g/mol. The Morgan fingerprint density at radius 2 is 2.25 bits per heavy atom. The Hall–Kier alpha value is -0.570. The summed E-state index contributed by atoms with van der Waals surface area (Å²) in [4.78, 5) is 13.1. The molecule has 0 radical (unpaired) electrons. The molecule has 3 nitrogen and oxygen atoms in total. The molecule has 2 atom stereocenters. The molecule has 1 heterocycles. The second-order valence-electron chi connectivity index (χ2n) is 5.09. The van der Waals surface area contributed by atoms with E-state index < -0.39 is 5.97 Å². The predicted octanol–water partition coefficient (Wildman–Crippen LogP) is 2.75. The maximum atomic E-state index is 10.6. The standard InChI is InChI=1S/C13H25NO2/c1-3-11(2)10-14-9-5-4-6-12(14)7-8-13(15)16/h11-12H,3-10H2,1-2H3,(H,15,16). The molecule has 3 heteroatoms. The van der Waals surface area contributed by atoms with E-state index >= 15 is 0 Å². The lowest BCUT2D eigenvalue weighted by Gasteiger charge is -2.37. The van der Waals surface area contributed by atoms with Crippen LogP contribution in [0.2, 0.25) is 0 Å². The fraction of sp³-hybridized carbons (Fsp3) is 0.923. The Balaban J connectivity index is 2.40. The van der Waals surface area contributed by atoms with Crippen LogP contribution in [0, 0.1) is 5.92 Å². The minimum Gasteiger partial charge on any atom is -0.481 e. The van der Waals surface area contributed by atoms with Gasteiger partial charge in [-0.3, -0.25) is 4.79 Å². The lowest BCUT2D eigenvalue weighted by Crippen LogP contribution is -2.42. The van der Waals surface area contributed by atoms with Gasteiger partial charge in [0.2, 0.25) is 0 Å². The molecule has 0 spiro atoms. The van der Waals surface area contributed by atoms with Crippen molar-refractivity contribution < 1.29 is 9.90 Å². The fourth-order valence-electron chi connectivity index (χ4n) is 2.45. The molecule has 0 aromatic rings. The third kappa shape index (κ3) is 4.52. The number of nitrogens with zero attached hydrogens (tertiary/aromatic N) is 1. The zero-order chi connectivity index (χ0) is 12.0. The Bertz CT molecular complexity index is 218. The van der Waals surface area contributed by atoms with Crippen LogP contribution in [-0.2, 0) is 4.79 Å². The maximum Gasteiger partial charge on any atom is 0.303 e. The van der Waals surface area contributed by atoms with Crippen LogP contribution in [0.3, 0.4) is 0 Å². The van der Waals surface area contributed by atoms with Gasteiger partial charge in [-0.25, -0.2) is 0 Å². The van der Waals surface area contributed by atoms with Crippen LogP contribution in [0.1, 0.15) is 52.4 Å². The van der Waals surface area contributed by atoms with Gasteiger partial charge < -0.3 is 10.0 Å². The van der Waals surface area contributed by atoms with E-state index in [1.807, 2.05) is 0 Å². The maximum absolute atomic E-state index is 10.6. The number of carbonyl (C=O) groups is 1. The third-order valence-electron chi connectivity index (χ3n) is 3.68. The van der Waals surface area contributed by atoms with Crippen LogP contribution in [0.4, 0.5) is 0 Å². The van der Waals surface area contributed by atoms with Gasteiger partial charge in [0.1, 0.15) is 0 Å². The van der Waals surface area contributed by atoms with E-state index in [9.17, 15) is 4.79 Å². The molecule has 1 aliphatic rings. The van der Waals surface area contributed by atoms with Crippen molar-refractivity contribution >= 4 is 5.97 Å². The van der Waals surface area contributed by atoms with E-state index in [-0.39, 0.29) is 0 Å². The molecule has 1 fully saturated rings. The molecular weight excluding hydrogens is 202 g/mol. The summed E-state index contributed by atoms with van der Waals surface area (Å²) < 4.78 is 0. The second-order valence-corrected chi connectivity index (χ2v) is 5.09. The zero-order valence-electron chi connectivity index (χ0n) is 10.6. The van der Waals surface area contributed by atoms with E-state index in [0.717, 1.165) is 25.4 Å². The lowest BCUT2D eigenvalue weighted by molar-refractivity contribution is -0.137. The van der Waals surface area contributed by atoms with E-state index in [0.29, 0.717) is 12.5 Å². The first kappa shape index (κ1) is 13.5. The minimum atomic E-state index is -0.658. The molecule has 0 amide bonds. The summed E-state index contributed by atoms with van der Waals surface area (Å²) in [5.41, 5.74) is 0. The first-order chi connectivity index (χ1) is 7.63. The van der Waals surface area contributed by atoms with Gasteiger partial charge in [-0.1, -0.05) is 26.7 Å². The smallest absolute Gasteiger partial charge is 0.303 e. The summed E-state index contributed by atoms with van der Waals surface area (Å²) in [6, 6.07) is 0.513. The van der Waals surface area contributed by atoms with Crippen LogP contribution in [-0.4, -0.2) is 35.1 Å². The SMILES string of the molecule is CCC(C)CN1CCCCC1CCC(=O)O. The van der Waals surface area contributed by atoms with Crippen molar-refractivity contribution in [1.82, 2.24) is 4.90 Å². The van der Waals surface area contributed by atoms with E-state index in [1.165, 1.54) is 25.7 Å². The highest BCUT2D eigenvalue weighted by Crippen LogP contribution is 2.22. The number of piperidine rings is 1. The summed E-state index contributed by atoms with van der Waals surface area (Å²) in [7, 11) is 0. The van der Waals surface area contributed by atoms with Crippen molar-refractivity contribution in [2.45, 2.75) is 58.4 Å². The van der Waals surface area contributed by atoms with Crippen LogP contribution in [0.25, 0.3) is 0 Å². The quantitative estimate of drug-likeness (QED) is 0.758. The Morgan fingerprint density at radius 1 is 1.50 bits per heavy atom. The van der Waals surface area contributed by atoms with Gasteiger partial charge in [0, 0.05) is 19.0 Å². The molecule has 0 aromatic carbocycles. The zero-order valence-corrected chi connectivity index (χ0v) is 10.6. The van der Waals surface area contributed by atoms with Crippen molar-refractivity contribution in [1.29, 1.82) is 0 Å². The summed E-state index contributed by atoms with van der Waals surface area (Å²) >= 11 is 0. The van der Waals surface area contributed by atoms with Gasteiger partial charge >= 0.3 is 5.97 Å². The predicted molar refractivity (Wildman–Crippen MR) is 65.5 cm³/mol. The van der Waals surface area contributed by atoms with Crippen molar-refractivity contribution in [3.63, 3.8) is 0 Å². The molecule has 0 bridgehead atoms. The number of likely N-dealkylation sites (tertiary alicyclic amines) is 1. The van der Waals surface area contributed by atoms with Gasteiger partial charge in [0.05, 0.1) is 0 Å². The van der Waals surface area contributed by atoms with Crippen LogP contribution in [0.15, 0.2) is 0 Å². The number of aliphatic carboxylic acids is 1. The van der Waals surface area contributed by atoms with E-state index in [4.69, 9.17) is 5.11 Å². The van der Waals surface area contributed by atoms with Crippen molar-refractivity contribution in [2.75, 3.05) is 13.1 Å². The summed E-state index contributed by atoms with van der Waals surface area (Å²) in [6.07, 6.45) is 6.08. The topological polar surface area (TPSA) is 40.5 Å². The molecular formula is C13H25NO2. The molecule has 94 valence electrons. The Kier molecular flexibility index (Phi) is 5.81. The highest BCUT2D eigenvalue weighted by molar-refractivity contribution is 5.66. The number of carboxylic acid groups (broad SMARTS) is 1. The van der Waals surface area contributed by atoms with Gasteiger partial charge in [0.15, 0.2) is 0 Å². The molecule has 1 aliphatic heterocycles. The number of rotatable bonds is 6. The molecule has 0 saturated carbocycles. The lowest BCUT2D eigenvalue weighted by atomic mass is 9.96. The normalized spacial score (nSPS) is 24.2. The number of hydrogen-bond acceptors (Lipinski definition) is 2. The minimum absolute atomic E-state index is 0.321. The van der Waals surface area contributed by atoms with Gasteiger partial charge in [-0.15, -0.1) is 0 Å². The first-order valence-electron chi connectivity index (χ1n) is 6.59. The van der Waals surface area contributed by atoms with Crippen molar-refractivity contribution in [3.05, 3.63) is 0 Å². The molecule has 0 aromatic heterocycles. The number of carboxylic acids is 1. The van der Waals surface area contributed by atoms with Crippen LogP contribution < -0.4 is 0 Å². The second kappa shape index (κ2) is 6.89. The molecule has 2 unspecified atom stereocenters. The molecule has 16 heavy (non-hydrogen) atoms. The average molecular weight is 227 g/mol. The number of hydrogen-bond donors (Lipinski definition) is 1. The highest BCUT2D eigenvalue weighted by Gasteiger charge is 2.23. The van der Waals surface area contributed by atoms with Gasteiger partial charge in [-0.2, -0.15) is 0 Å². The largest absolute Gasteiger partial charge is 0.481 e. The fourth-order valence-corrected chi connectivity index (χ4v) is 2.45. The van der Waals surface area contributed by atoms with Crippen molar-refractivity contribution in [2.24, 2.45) is 5.92 Å². The first-order valence-corrected chi connectivity index (χ1v) is 6.59. The molecule has 1 saturated heterocycles. The van der Waals surface area contributed by atoms with E-state index in [2.05, 4.69) is 18.7 Å². The molecule has 1 rings (SSSR count). The van der Waals surface area contributed by atoms with Gasteiger partial charge in [-0.05, 0) is 31.7 Å². The average Bonchev–Trinajstić information content (AvgIpc) is 2.27. The molecule has 1 N–H and O–H groups in total.